The van der Waals surface area contributed by atoms with Crippen molar-refractivity contribution in [1.82, 2.24) is 9.88 Å². The fourth-order valence-electron chi connectivity index (χ4n) is 2.15. The van der Waals surface area contributed by atoms with Gasteiger partial charge in [0.05, 0.1) is 5.01 Å². The highest BCUT2D eigenvalue weighted by molar-refractivity contribution is 7.80. The van der Waals surface area contributed by atoms with Gasteiger partial charge in [0, 0.05) is 18.3 Å². The lowest BCUT2D eigenvalue weighted by Gasteiger charge is -2.18. The van der Waals surface area contributed by atoms with Gasteiger partial charge in [-0.2, -0.15) is 0 Å². The van der Waals surface area contributed by atoms with Crippen LogP contribution < -0.4 is 5.73 Å². The van der Waals surface area contributed by atoms with E-state index < -0.39 is 0 Å². The molecule has 5 heteroatoms. The third kappa shape index (κ3) is 4.01. The Balaban J connectivity index is 1.81. The van der Waals surface area contributed by atoms with Crippen LogP contribution in [-0.2, 0) is 6.42 Å². The van der Waals surface area contributed by atoms with E-state index in [0.717, 1.165) is 23.7 Å². The molecule has 0 bridgehead atoms. The molecule has 2 heterocycles. The van der Waals surface area contributed by atoms with Gasteiger partial charge in [0.2, 0.25) is 0 Å². The molecule has 0 saturated carbocycles. The van der Waals surface area contributed by atoms with Crippen LogP contribution in [0.1, 0.15) is 36.4 Å². The first-order valence-corrected chi connectivity index (χ1v) is 7.51. The van der Waals surface area contributed by atoms with E-state index >= 15 is 0 Å². The Hall–Kier alpha value is -0.520. The first-order chi connectivity index (χ1) is 8.25. The molecule has 1 aromatic rings. The first-order valence-electron chi connectivity index (χ1n) is 6.22. The van der Waals surface area contributed by atoms with Crippen molar-refractivity contribution >= 4 is 28.5 Å². The summed E-state index contributed by atoms with van der Waals surface area (Å²) in [6.45, 7) is 3.60. The second kappa shape index (κ2) is 6.42. The second-order valence-electron chi connectivity index (χ2n) is 4.50. The molecular formula is C12H19N3S2. The largest absolute Gasteiger partial charge is 0.388 e. The number of aromatic nitrogens is 1. The maximum Gasteiger partial charge on any atom is 0.123 e. The molecule has 0 atom stereocenters. The van der Waals surface area contributed by atoms with Gasteiger partial charge < -0.3 is 10.6 Å². The molecule has 0 radical (unpaired) electrons. The normalized spacial score (nSPS) is 17.9. The van der Waals surface area contributed by atoms with Crippen molar-refractivity contribution in [3.05, 3.63) is 16.1 Å². The lowest BCUT2D eigenvalue weighted by molar-refractivity contribution is 0.288. The van der Waals surface area contributed by atoms with Gasteiger partial charge in [0.15, 0.2) is 0 Å². The van der Waals surface area contributed by atoms with Crippen LogP contribution in [0.3, 0.4) is 0 Å². The summed E-state index contributed by atoms with van der Waals surface area (Å²) < 4.78 is 0. The molecule has 1 fully saturated rings. The van der Waals surface area contributed by atoms with Crippen molar-refractivity contribution in [2.45, 2.75) is 32.1 Å². The van der Waals surface area contributed by atoms with Crippen molar-refractivity contribution in [3.8, 4) is 0 Å². The summed E-state index contributed by atoms with van der Waals surface area (Å²) >= 11 is 6.58. The van der Waals surface area contributed by atoms with Crippen LogP contribution in [-0.4, -0.2) is 34.5 Å². The molecule has 0 unspecified atom stereocenters. The average molecular weight is 269 g/mol. The van der Waals surface area contributed by atoms with Gasteiger partial charge in [-0.1, -0.05) is 25.1 Å². The summed E-state index contributed by atoms with van der Waals surface area (Å²) in [5.41, 5.74) is 6.33. The van der Waals surface area contributed by atoms with Crippen molar-refractivity contribution in [3.63, 3.8) is 0 Å². The van der Waals surface area contributed by atoms with Crippen molar-refractivity contribution in [2.75, 3.05) is 19.6 Å². The third-order valence-electron chi connectivity index (χ3n) is 3.14. The van der Waals surface area contributed by atoms with E-state index in [4.69, 9.17) is 18.0 Å². The van der Waals surface area contributed by atoms with Crippen molar-refractivity contribution in [2.24, 2.45) is 5.73 Å². The Bertz CT molecular complexity index is 368. The van der Waals surface area contributed by atoms with Crippen LogP contribution in [0.4, 0.5) is 0 Å². The molecular weight excluding hydrogens is 250 g/mol. The molecule has 1 aliphatic rings. The summed E-state index contributed by atoms with van der Waals surface area (Å²) in [7, 11) is 0. The summed E-state index contributed by atoms with van der Waals surface area (Å²) in [6.07, 6.45) is 6.48. The van der Waals surface area contributed by atoms with Gasteiger partial charge in [-0.3, -0.25) is 0 Å². The summed E-state index contributed by atoms with van der Waals surface area (Å²) in [5.74, 6) is 0. The maximum absolute atomic E-state index is 5.55. The molecule has 0 aliphatic carbocycles. The molecule has 2 rings (SSSR count). The molecule has 0 amide bonds. The zero-order chi connectivity index (χ0) is 12.1. The SMILES string of the molecule is NC(=S)c1csc(CCN2CCCCCC2)n1. The maximum atomic E-state index is 5.55. The number of likely N-dealkylation sites (tertiary alicyclic amines) is 1. The number of nitrogens with two attached hydrogens (primary N) is 1. The zero-order valence-corrected chi connectivity index (χ0v) is 11.7. The number of thiocarbonyl (C=S) groups is 1. The Morgan fingerprint density at radius 1 is 1.35 bits per heavy atom. The van der Waals surface area contributed by atoms with E-state index in [1.807, 2.05) is 5.38 Å². The van der Waals surface area contributed by atoms with Gasteiger partial charge in [0.1, 0.15) is 10.7 Å². The Morgan fingerprint density at radius 3 is 2.65 bits per heavy atom. The lowest BCUT2D eigenvalue weighted by Crippen LogP contribution is -2.26. The number of nitrogens with zero attached hydrogens (tertiary/aromatic N) is 2. The predicted octanol–water partition coefficient (Wildman–Crippen LogP) is 2.20. The van der Waals surface area contributed by atoms with Crippen LogP contribution in [0.15, 0.2) is 5.38 Å². The van der Waals surface area contributed by atoms with Gasteiger partial charge in [-0.25, -0.2) is 4.98 Å². The van der Waals surface area contributed by atoms with E-state index in [1.165, 1.54) is 38.8 Å². The van der Waals surface area contributed by atoms with E-state index in [1.54, 1.807) is 11.3 Å². The molecule has 17 heavy (non-hydrogen) atoms. The molecule has 2 N–H and O–H groups in total. The average Bonchev–Trinajstić information content (AvgIpc) is 2.63. The lowest BCUT2D eigenvalue weighted by atomic mass is 10.2. The minimum absolute atomic E-state index is 0.405. The number of thiazole rings is 1. The Kier molecular flexibility index (Phi) is 4.88. The molecule has 3 nitrogen and oxygen atoms in total. The quantitative estimate of drug-likeness (QED) is 0.851. The molecule has 0 aromatic carbocycles. The minimum atomic E-state index is 0.405. The van der Waals surface area contributed by atoms with Crippen LogP contribution in [0.2, 0.25) is 0 Å². The highest BCUT2D eigenvalue weighted by atomic mass is 32.1. The van der Waals surface area contributed by atoms with Gasteiger partial charge in [0.25, 0.3) is 0 Å². The Labute approximate surface area is 112 Å². The fraction of sp³-hybridized carbons (Fsp3) is 0.667. The highest BCUT2D eigenvalue weighted by Crippen LogP contribution is 2.13. The zero-order valence-electron chi connectivity index (χ0n) is 10.0. The van der Waals surface area contributed by atoms with Crippen LogP contribution in [0, 0.1) is 0 Å². The smallest absolute Gasteiger partial charge is 0.123 e. The molecule has 94 valence electrons. The van der Waals surface area contributed by atoms with Gasteiger partial charge in [-0.15, -0.1) is 11.3 Å². The Morgan fingerprint density at radius 2 is 2.06 bits per heavy atom. The first kappa shape index (κ1) is 12.9. The van der Waals surface area contributed by atoms with Crippen molar-refractivity contribution < 1.29 is 0 Å². The van der Waals surface area contributed by atoms with Gasteiger partial charge in [-0.05, 0) is 25.9 Å². The molecule has 1 saturated heterocycles. The van der Waals surface area contributed by atoms with Crippen LogP contribution >= 0.6 is 23.6 Å². The summed E-state index contributed by atoms with van der Waals surface area (Å²) in [5, 5.41) is 3.11. The number of rotatable bonds is 4. The van der Waals surface area contributed by atoms with Gasteiger partial charge >= 0.3 is 0 Å². The number of hydrogen-bond donors (Lipinski definition) is 1. The molecule has 0 spiro atoms. The van der Waals surface area contributed by atoms with E-state index in [2.05, 4.69) is 9.88 Å². The van der Waals surface area contributed by atoms with Crippen LogP contribution in [0.25, 0.3) is 0 Å². The summed E-state index contributed by atoms with van der Waals surface area (Å²) in [4.78, 5) is 7.40. The standard InChI is InChI=1S/C12H19N3S2/c13-12(16)10-9-17-11(14-10)5-8-15-6-3-1-2-4-7-15/h9H,1-8H2,(H2,13,16). The van der Waals surface area contributed by atoms with E-state index in [0.29, 0.717) is 4.99 Å². The van der Waals surface area contributed by atoms with Crippen LogP contribution in [0.5, 0.6) is 0 Å². The van der Waals surface area contributed by atoms with E-state index in [9.17, 15) is 0 Å². The molecule has 1 aliphatic heterocycles. The van der Waals surface area contributed by atoms with E-state index in [-0.39, 0.29) is 0 Å². The predicted molar refractivity (Wildman–Crippen MR) is 76.6 cm³/mol. The third-order valence-corrected chi connectivity index (χ3v) is 4.26. The summed E-state index contributed by atoms with van der Waals surface area (Å²) in [6, 6.07) is 0. The monoisotopic (exact) mass is 269 g/mol. The minimum Gasteiger partial charge on any atom is -0.388 e. The topological polar surface area (TPSA) is 42.1 Å². The number of hydrogen-bond acceptors (Lipinski definition) is 4. The second-order valence-corrected chi connectivity index (χ2v) is 5.88. The highest BCUT2D eigenvalue weighted by Gasteiger charge is 2.10. The van der Waals surface area contributed by atoms with Crippen molar-refractivity contribution in [1.29, 1.82) is 0 Å². The molecule has 1 aromatic heterocycles. The fourth-order valence-corrected chi connectivity index (χ4v) is 3.12.